The van der Waals surface area contributed by atoms with Crippen molar-refractivity contribution < 1.29 is 14.6 Å². The number of aliphatic hydroxyl groups excluding tert-OH is 1. The van der Waals surface area contributed by atoms with Crippen molar-refractivity contribution in [2.75, 3.05) is 33.9 Å². The van der Waals surface area contributed by atoms with E-state index in [1.54, 1.807) is 31.4 Å². The molecule has 0 aromatic heterocycles. The zero-order valence-corrected chi connectivity index (χ0v) is 14.0. The van der Waals surface area contributed by atoms with E-state index in [9.17, 15) is 5.11 Å². The minimum Gasteiger partial charge on any atom is -0.497 e. The molecule has 126 valence electrons. The molecule has 0 amide bonds. The van der Waals surface area contributed by atoms with E-state index in [0.717, 1.165) is 17.1 Å². The lowest BCUT2D eigenvalue weighted by Gasteiger charge is -2.21. The summed E-state index contributed by atoms with van der Waals surface area (Å²) in [6, 6.07) is 16.5. The summed E-state index contributed by atoms with van der Waals surface area (Å²) >= 11 is 0. The summed E-state index contributed by atoms with van der Waals surface area (Å²) < 4.78 is 10.8. The van der Waals surface area contributed by atoms with Crippen LogP contribution in [0.15, 0.2) is 48.5 Å². The van der Waals surface area contributed by atoms with Crippen molar-refractivity contribution >= 4 is 0 Å². The van der Waals surface area contributed by atoms with Crippen LogP contribution in [0.3, 0.4) is 0 Å². The summed E-state index contributed by atoms with van der Waals surface area (Å²) in [5.41, 5.74) is 1.39. The van der Waals surface area contributed by atoms with E-state index in [1.807, 2.05) is 36.2 Å². The van der Waals surface area contributed by atoms with Gasteiger partial charge in [-0.1, -0.05) is 12.1 Å². The van der Waals surface area contributed by atoms with Gasteiger partial charge in [0, 0.05) is 13.1 Å². The zero-order chi connectivity index (χ0) is 17.4. The van der Waals surface area contributed by atoms with Gasteiger partial charge in [-0.15, -0.1) is 0 Å². The van der Waals surface area contributed by atoms with Crippen molar-refractivity contribution in [1.29, 1.82) is 5.26 Å². The number of nitrogens with zero attached hydrogens (tertiary/aromatic N) is 2. The van der Waals surface area contributed by atoms with Crippen LogP contribution in [-0.4, -0.2) is 43.9 Å². The van der Waals surface area contributed by atoms with Crippen molar-refractivity contribution in [3.05, 3.63) is 59.7 Å². The smallest absolute Gasteiger partial charge is 0.119 e. The van der Waals surface area contributed by atoms with Gasteiger partial charge in [0.05, 0.1) is 24.8 Å². The number of methoxy groups -OCH3 is 1. The van der Waals surface area contributed by atoms with E-state index in [2.05, 4.69) is 6.07 Å². The minimum absolute atomic E-state index is 0.498. The Morgan fingerprint density at radius 2 is 1.71 bits per heavy atom. The highest BCUT2D eigenvalue weighted by molar-refractivity contribution is 5.32. The van der Waals surface area contributed by atoms with E-state index < -0.39 is 6.10 Å². The molecule has 1 unspecified atom stereocenters. The van der Waals surface area contributed by atoms with Crippen molar-refractivity contribution in [1.82, 2.24) is 4.90 Å². The lowest BCUT2D eigenvalue weighted by Crippen LogP contribution is -2.28. The second-order valence-electron chi connectivity index (χ2n) is 5.54. The Morgan fingerprint density at radius 3 is 2.29 bits per heavy atom. The highest BCUT2D eigenvalue weighted by Gasteiger charge is 2.11. The summed E-state index contributed by atoms with van der Waals surface area (Å²) in [4.78, 5) is 2.01. The Labute approximate surface area is 142 Å². The zero-order valence-electron chi connectivity index (χ0n) is 14.0. The van der Waals surface area contributed by atoms with E-state index >= 15 is 0 Å². The van der Waals surface area contributed by atoms with Crippen molar-refractivity contribution in [3.63, 3.8) is 0 Å². The van der Waals surface area contributed by atoms with E-state index in [-0.39, 0.29) is 0 Å². The van der Waals surface area contributed by atoms with Gasteiger partial charge in [0.25, 0.3) is 0 Å². The molecule has 2 aromatic rings. The Hall–Kier alpha value is -2.55. The molecule has 0 radical (unpaired) electrons. The number of ether oxygens (including phenoxy) is 2. The fraction of sp³-hybridized carbons (Fsp3) is 0.316. The molecule has 5 heteroatoms. The predicted molar refractivity (Wildman–Crippen MR) is 92.1 cm³/mol. The molecule has 0 saturated carbocycles. The van der Waals surface area contributed by atoms with Crippen LogP contribution in [0.25, 0.3) is 0 Å². The summed E-state index contributed by atoms with van der Waals surface area (Å²) in [7, 11) is 3.56. The third-order valence-electron chi connectivity index (χ3n) is 3.71. The molecule has 1 atom stereocenters. The summed E-state index contributed by atoms with van der Waals surface area (Å²) in [6.07, 6.45) is -0.594. The average molecular weight is 326 g/mol. The monoisotopic (exact) mass is 326 g/mol. The molecule has 5 nitrogen and oxygen atoms in total. The van der Waals surface area contributed by atoms with Gasteiger partial charge in [-0.05, 0) is 49.0 Å². The molecule has 2 aromatic carbocycles. The first-order chi connectivity index (χ1) is 11.6. The number of hydrogen-bond donors (Lipinski definition) is 1. The minimum atomic E-state index is -0.594. The van der Waals surface area contributed by atoms with Crippen molar-refractivity contribution in [2.45, 2.75) is 6.10 Å². The Morgan fingerprint density at radius 1 is 1.08 bits per heavy atom. The Balaban J connectivity index is 1.75. The highest BCUT2D eigenvalue weighted by Crippen LogP contribution is 2.17. The molecule has 1 N–H and O–H groups in total. The van der Waals surface area contributed by atoms with Gasteiger partial charge in [-0.25, -0.2) is 0 Å². The van der Waals surface area contributed by atoms with E-state index in [1.165, 1.54) is 0 Å². The van der Waals surface area contributed by atoms with Gasteiger partial charge in [0.2, 0.25) is 0 Å². The lowest BCUT2D eigenvalue weighted by molar-refractivity contribution is 0.118. The fourth-order valence-electron chi connectivity index (χ4n) is 2.26. The van der Waals surface area contributed by atoms with Gasteiger partial charge >= 0.3 is 0 Å². The van der Waals surface area contributed by atoms with Crippen LogP contribution in [-0.2, 0) is 0 Å². The van der Waals surface area contributed by atoms with Crippen LogP contribution in [0.4, 0.5) is 0 Å². The first kappa shape index (κ1) is 17.8. The lowest BCUT2D eigenvalue weighted by atomic mass is 10.1. The molecule has 0 aliphatic carbocycles. The summed E-state index contributed by atoms with van der Waals surface area (Å²) in [6.45, 7) is 1.72. The molecular formula is C19H22N2O3. The van der Waals surface area contributed by atoms with Crippen molar-refractivity contribution in [2.24, 2.45) is 0 Å². The largest absolute Gasteiger partial charge is 0.497 e. The first-order valence-electron chi connectivity index (χ1n) is 7.76. The predicted octanol–water partition coefficient (Wildman–Crippen LogP) is 2.61. The van der Waals surface area contributed by atoms with Crippen LogP contribution in [0, 0.1) is 11.3 Å². The second kappa shape index (κ2) is 8.92. The molecular weight excluding hydrogens is 304 g/mol. The summed E-state index contributed by atoms with van der Waals surface area (Å²) in [5, 5.41) is 19.0. The quantitative estimate of drug-likeness (QED) is 0.808. The first-order valence-corrected chi connectivity index (χ1v) is 7.76. The van der Waals surface area contributed by atoms with Crippen molar-refractivity contribution in [3.8, 4) is 17.6 Å². The second-order valence-corrected chi connectivity index (χ2v) is 5.54. The van der Waals surface area contributed by atoms with Crippen LogP contribution in [0.1, 0.15) is 17.2 Å². The Kier molecular flexibility index (Phi) is 6.62. The molecule has 0 bridgehead atoms. The molecule has 0 aliphatic heterocycles. The fourth-order valence-corrected chi connectivity index (χ4v) is 2.26. The van der Waals surface area contributed by atoms with Crippen LogP contribution >= 0.6 is 0 Å². The maximum absolute atomic E-state index is 10.2. The molecule has 0 spiro atoms. The van der Waals surface area contributed by atoms with Gasteiger partial charge < -0.3 is 19.5 Å². The molecule has 0 fully saturated rings. The SMILES string of the molecule is COc1ccc(OCCN(C)CC(O)c2ccc(C#N)cc2)cc1. The number of likely N-dealkylation sites (N-methyl/N-ethyl adjacent to an activating group) is 1. The number of benzene rings is 2. The van der Waals surface area contributed by atoms with E-state index in [4.69, 9.17) is 14.7 Å². The van der Waals surface area contributed by atoms with Crippen LogP contribution < -0.4 is 9.47 Å². The molecule has 0 heterocycles. The van der Waals surface area contributed by atoms with Crippen LogP contribution in [0.5, 0.6) is 11.5 Å². The molecule has 0 saturated heterocycles. The number of hydrogen-bond acceptors (Lipinski definition) is 5. The van der Waals surface area contributed by atoms with Gasteiger partial charge in [-0.2, -0.15) is 5.26 Å². The molecule has 0 aliphatic rings. The van der Waals surface area contributed by atoms with Gasteiger partial charge in [-0.3, -0.25) is 0 Å². The summed E-state index contributed by atoms with van der Waals surface area (Å²) in [5.74, 6) is 1.59. The van der Waals surface area contributed by atoms with Crippen LogP contribution in [0.2, 0.25) is 0 Å². The third-order valence-corrected chi connectivity index (χ3v) is 3.71. The average Bonchev–Trinajstić information content (AvgIpc) is 2.62. The van der Waals surface area contributed by atoms with E-state index in [0.29, 0.717) is 25.3 Å². The number of nitriles is 1. The highest BCUT2D eigenvalue weighted by atomic mass is 16.5. The molecule has 2 rings (SSSR count). The number of aliphatic hydroxyl groups is 1. The maximum Gasteiger partial charge on any atom is 0.119 e. The standard InChI is InChI=1S/C19H22N2O3/c1-21(11-12-24-18-9-7-17(23-2)8-10-18)14-19(22)16-5-3-15(13-20)4-6-16/h3-10,19,22H,11-12,14H2,1-2H3. The normalized spacial score (nSPS) is 11.8. The third kappa shape index (κ3) is 5.27. The topological polar surface area (TPSA) is 65.7 Å². The Bertz CT molecular complexity index is 663. The van der Waals surface area contributed by atoms with Gasteiger partial charge in [0.15, 0.2) is 0 Å². The number of rotatable bonds is 8. The van der Waals surface area contributed by atoms with Gasteiger partial charge in [0.1, 0.15) is 18.1 Å². The maximum atomic E-state index is 10.2. The molecule has 24 heavy (non-hydrogen) atoms.